The molecule has 0 aromatic heterocycles. The Morgan fingerprint density at radius 3 is 2.42 bits per heavy atom. The number of allylic oxidation sites excluding steroid dienone is 1. The molecule has 3 aromatic rings. The molecule has 184 valence electrons. The van der Waals surface area contributed by atoms with E-state index in [2.05, 4.69) is 35.9 Å². The first-order valence-corrected chi connectivity index (χ1v) is 12.6. The van der Waals surface area contributed by atoms with Crippen LogP contribution < -0.4 is 16.4 Å². The molecule has 4 rings (SSSR count). The van der Waals surface area contributed by atoms with Crippen molar-refractivity contribution in [3.63, 3.8) is 0 Å². The second-order valence-electron chi connectivity index (χ2n) is 9.37. The molecule has 4 N–H and O–H groups in total. The van der Waals surface area contributed by atoms with Gasteiger partial charge in [-0.25, -0.2) is 0 Å². The van der Waals surface area contributed by atoms with E-state index in [0.717, 1.165) is 39.3 Å². The van der Waals surface area contributed by atoms with Crippen molar-refractivity contribution in [1.82, 2.24) is 0 Å². The Bertz CT molecular complexity index is 1380. The van der Waals surface area contributed by atoms with Crippen molar-refractivity contribution in [2.45, 2.75) is 31.1 Å². The van der Waals surface area contributed by atoms with Crippen LogP contribution in [0.4, 0.5) is 17.1 Å². The van der Waals surface area contributed by atoms with Gasteiger partial charge in [0.2, 0.25) is 0 Å². The van der Waals surface area contributed by atoms with Crippen LogP contribution in [0.25, 0.3) is 5.70 Å². The summed E-state index contributed by atoms with van der Waals surface area (Å²) in [4.78, 5) is -0.459. The van der Waals surface area contributed by atoms with Crippen molar-refractivity contribution in [3.05, 3.63) is 106 Å². The number of anilines is 3. The summed E-state index contributed by atoms with van der Waals surface area (Å²) in [5.41, 5.74) is 13.4. The van der Waals surface area contributed by atoms with Crippen LogP contribution in [0.1, 0.15) is 35.1 Å². The fourth-order valence-corrected chi connectivity index (χ4v) is 5.72. The van der Waals surface area contributed by atoms with Gasteiger partial charge in [0.25, 0.3) is 0 Å². The third-order valence-electron chi connectivity index (χ3n) is 6.55. The SMILES string of the molecule is C=C(Nc1ccc(CC#N)c(N)c1)c1cc(NC(=C)C2C(c3cc(C)cc(Cl)c3)C2(C)Cl)ccc1Cl. The molecule has 36 heavy (non-hydrogen) atoms. The van der Waals surface area contributed by atoms with E-state index in [4.69, 9.17) is 45.8 Å². The standard InChI is InChI=1S/C29H27Cl3N4/c1-16-11-20(13-21(30)12-16)28-27(29(28,4)32)18(3)36-22-7-8-25(31)24(14-22)17(2)35-23-6-5-19(9-10-33)26(34)15-23/h5-8,11-15,27-28,35-36H,2-3,9,34H2,1,4H3. The first-order chi connectivity index (χ1) is 17.0. The van der Waals surface area contributed by atoms with E-state index in [0.29, 0.717) is 21.4 Å². The molecule has 0 radical (unpaired) electrons. The zero-order valence-electron chi connectivity index (χ0n) is 20.1. The number of alkyl halides is 1. The zero-order valence-corrected chi connectivity index (χ0v) is 22.4. The minimum atomic E-state index is -0.459. The van der Waals surface area contributed by atoms with Crippen molar-refractivity contribution < 1.29 is 0 Å². The maximum Gasteiger partial charge on any atom is 0.0670 e. The van der Waals surface area contributed by atoms with Gasteiger partial charge in [-0.3, -0.25) is 0 Å². The van der Waals surface area contributed by atoms with E-state index < -0.39 is 4.87 Å². The number of nitriles is 1. The molecule has 1 saturated carbocycles. The molecule has 0 spiro atoms. The number of nitrogens with one attached hydrogen (secondary N) is 2. The first-order valence-electron chi connectivity index (χ1n) is 11.4. The summed E-state index contributed by atoms with van der Waals surface area (Å²) in [6.07, 6.45) is 0.261. The summed E-state index contributed by atoms with van der Waals surface area (Å²) in [5, 5.41) is 16.8. The second kappa shape index (κ2) is 10.1. The molecule has 7 heteroatoms. The third-order valence-corrected chi connectivity index (χ3v) is 7.56. The molecule has 0 bridgehead atoms. The summed E-state index contributed by atoms with van der Waals surface area (Å²) in [7, 11) is 0. The number of hydrogen-bond donors (Lipinski definition) is 3. The molecule has 4 nitrogen and oxygen atoms in total. The quantitative estimate of drug-likeness (QED) is 0.199. The van der Waals surface area contributed by atoms with E-state index in [1.54, 1.807) is 6.07 Å². The van der Waals surface area contributed by atoms with E-state index in [1.165, 1.54) is 0 Å². The number of hydrogen-bond acceptors (Lipinski definition) is 4. The molecule has 1 aliphatic rings. The van der Waals surface area contributed by atoms with Crippen LogP contribution in [-0.4, -0.2) is 4.87 Å². The largest absolute Gasteiger partial charge is 0.398 e. The number of rotatable bonds is 8. The molecule has 0 amide bonds. The molecule has 3 atom stereocenters. The maximum atomic E-state index is 8.91. The molecule has 3 unspecified atom stereocenters. The van der Waals surface area contributed by atoms with Gasteiger partial charge >= 0.3 is 0 Å². The predicted molar refractivity (Wildman–Crippen MR) is 154 cm³/mol. The van der Waals surface area contributed by atoms with Gasteiger partial charge in [-0.15, -0.1) is 11.6 Å². The molecular weight excluding hydrogens is 511 g/mol. The lowest BCUT2D eigenvalue weighted by Gasteiger charge is -2.16. The Kier molecular flexibility index (Phi) is 7.29. The maximum absolute atomic E-state index is 8.91. The van der Waals surface area contributed by atoms with Gasteiger partial charge in [0.05, 0.1) is 22.4 Å². The lowest BCUT2D eigenvalue weighted by atomic mass is 10.0. The average molecular weight is 538 g/mol. The number of nitrogen functional groups attached to an aromatic ring is 1. The summed E-state index contributed by atoms with van der Waals surface area (Å²) >= 11 is 19.7. The highest BCUT2D eigenvalue weighted by molar-refractivity contribution is 6.32. The van der Waals surface area contributed by atoms with Gasteiger partial charge in [0.15, 0.2) is 0 Å². The van der Waals surface area contributed by atoms with E-state index >= 15 is 0 Å². The van der Waals surface area contributed by atoms with Crippen molar-refractivity contribution >= 4 is 57.6 Å². The van der Waals surface area contributed by atoms with E-state index in [1.807, 2.05) is 56.3 Å². The molecule has 3 aromatic carbocycles. The van der Waals surface area contributed by atoms with Crippen LogP contribution in [0, 0.1) is 24.2 Å². The normalized spacial score (nSPS) is 20.3. The van der Waals surface area contributed by atoms with Gasteiger partial charge in [-0.1, -0.05) is 48.5 Å². The van der Waals surface area contributed by atoms with Gasteiger partial charge in [-0.2, -0.15) is 5.26 Å². The van der Waals surface area contributed by atoms with Gasteiger partial charge < -0.3 is 16.4 Å². The van der Waals surface area contributed by atoms with E-state index in [-0.39, 0.29) is 18.3 Å². The summed E-state index contributed by atoms with van der Waals surface area (Å²) < 4.78 is 0. The lowest BCUT2D eigenvalue weighted by Crippen LogP contribution is -2.06. The van der Waals surface area contributed by atoms with Crippen molar-refractivity contribution in [2.24, 2.45) is 5.92 Å². The smallest absolute Gasteiger partial charge is 0.0670 e. The van der Waals surface area contributed by atoms with Crippen LogP contribution in [0.2, 0.25) is 10.0 Å². The monoisotopic (exact) mass is 536 g/mol. The second-order valence-corrected chi connectivity index (χ2v) is 11.0. The fraction of sp³-hybridized carbons (Fsp3) is 0.207. The van der Waals surface area contributed by atoms with Crippen molar-refractivity contribution in [3.8, 4) is 6.07 Å². The van der Waals surface area contributed by atoms with E-state index in [9.17, 15) is 0 Å². The highest BCUT2D eigenvalue weighted by atomic mass is 35.5. The zero-order chi connectivity index (χ0) is 26.2. The first kappa shape index (κ1) is 26.0. The summed E-state index contributed by atoms with van der Waals surface area (Å²) in [5.74, 6) is 0.141. The Balaban J connectivity index is 1.49. The van der Waals surface area contributed by atoms with Gasteiger partial charge in [0.1, 0.15) is 0 Å². The average Bonchev–Trinajstić information content (AvgIpc) is 3.38. The number of nitrogens with zero attached hydrogens (tertiary/aromatic N) is 1. The number of nitrogens with two attached hydrogens (primary N) is 1. The van der Waals surface area contributed by atoms with Crippen molar-refractivity contribution in [1.29, 1.82) is 5.26 Å². The highest BCUT2D eigenvalue weighted by Crippen LogP contribution is 2.64. The van der Waals surface area contributed by atoms with Crippen LogP contribution in [0.15, 0.2) is 73.5 Å². The van der Waals surface area contributed by atoms with Crippen LogP contribution in [0.5, 0.6) is 0 Å². The predicted octanol–water partition coefficient (Wildman–Crippen LogP) is 8.37. The number of aryl methyl sites for hydroxylation is 1. The fourth-order valence-electron chi connectivity index (χ4n) is 4.74. The molecule has 1 fully saturated rings. The molecule has 0 heterocycles. The summed E-state index contributed by atoms with van der Waals surface area (Å²) in [6, 6.07) is 19.2. The Labute approximate surface area is 227 Å². The minimum absolute atomic E-state index is 0.0346. The van der Waals surface area contributed by atoms with Gasteiger partial charge in [-0.05, 0) is 73.0 Å². The molecule has 0 saturated heterocycles. The Morgan fingerprint density at radius 2 is 1.75 bits per heavy atom. The Morgan fingerprint density at radius 1 is 1.06 bits per heavy atom. The Hall–Kier alpha value is -3.10. The number of benzene rings is 3. The highest BCUT2D eigenvalue weighted by Gasteiger charge is 2.62. The van der Waals surface area contributed by atoms with Crippen LogP contribution in [0.3, 0.4) is 0 Å². The topological polar surface area (TPSA) is 73.9 Å². The number of halogens is 3. The third kappa shape index (κ3) is 5.34. The summed E-state index contributed by atoms with van der Waals surface area (Å²) in [6.45, 7) is 12.5. The van der Waals surface area contributed by atoms with Gasteiger partial charge in [0, 0.05) is 50.9 Å². The molecule has 1 aliphatic carbocycles. The molecule has 0 aliphatic heterocycles. The lowest BCUT2D eigenvalue weighted by molar-refractivity contribution is 0.898. The molecular formula is C29H27Cl3N4. The van der Waals surface area contributed by atoms with Crippen molar-refractivity contribution in [2.75, 3.05) is 16.4 Å². The van der Waals surface area contributed by atoms with Crippen LogP contribution >= 0.6 is 34.8 Å². The van der Waals surface area contributed by atoms with Crippen LogP contribution in [-0.2, 0) is 6.42 Å². The minimum Gasteiger partial charge on any atom is -0.398 e.